The van der Waals surface area contributed by atoms with Gasteiger partial charge in [0.1, 0.15) is 23.6 Å². The lowest BCUT2D eigenvalue weighted by Gasteiger charge is -2.27. The van der Waals surface area contributed by atoms with Crippen molar-refractivity contribution in [1.82, 2.24) is 15.5 Å². The number of imide groups is 2. The van der Waals surface area contributed by atoms with Gasteiger partial charge in [-0.25, -0.2) is 0 Å². The molecular formula is C27H21N3O9. The van der Waals surface area contributed by atoms with E-state index in [1.807, 2.05) is 0 Å². The highest BCUT2D eigenvalue weighted by Gasteiger charge is 2.46. The van der Waals surface area contributed by atoms with Crippen LogP contribution in [-0.2, 0) is 20.8 Å². The average Bonchev–Trinajstić information content (AvgIpc) is 3.18. The molecule has 198 valence electrons. The molecule has 5 rings (SSSR count). The first kappa shape index (κ1) is 25.5. The molecule has 1 unspecified atom stereocenters. The summed E-state index contributed by atoms with van der Waals surface area (Å²) in [6.07, 6.45) is 1.93. The van der Waals surface area contributed by atoms with Crippen LogP contribution < -0.4 is 20.8 Å². The average molecular weight is 531 g/mol. The Balaban J connectivity index is 1.20. The van der Waals surface area contributed by atoms with Gasteiger partial charge in [-0.05, 0) is 42.7 Å². The molecule has 1 atom stereocenters. The summed E-state index contributed by atoms with van der Waals surface area (Å²) in [4.78, 5) is 86.2. The number of rotatable bonds is 8. The van der Waals surface area contributed by atoms with Crippen LogP contribution >= 0.6 is 0 Å². The van der Waals surface area contributed by atoms with Gasteiger partial charge < -0.3 is 14.5 Å². The van der Waals surface area contributed by atoms with E-state index in [1.54, 1.807) is 18.2 Å². The molecule has 3 heterocycles. The number of hydrogen-bond acceptors (Lipinski definition) is 9. The quantitative estimate of drug-likeness (QED) is 0.314. The molecule has 12 nitrogen and oxygen atoms in total. The maximum Gasteiger partial charge on any atom is 0.266 e. The van der Waals surface area contributed by atoms with E-state index < -0.39 is 47.6 Å². The third-order valence-electron chi connectivity index (χ3n) is 6.52. The largest absolute Gasteiger partial charge is 0.483 e. The summed E-state index contributed by atoms with van der Waals surface area (Å²) in [6.45, 7) is -0.236. The summed E-state index contributed by atoms with van der Waals surface area (Å²) in [5, 5.41) is 5.07. The van der Waals surface area contributed by atoms with Crippen LogP contribution in [-0.4, -0.2) is 59.9 Å². The normalized spacial score (nSPS) is 16.7. The Hall–Kier alpha value is -5.13. The van der Waals surface area contributed by atoms with Crippen molar-refractivity contribution in [1.29, 1.82) is 0 Å². The molecule has 0 saturated carbocycles. The Kier molecular flexibility index (Phi) is 6.75. The Labute approximate surface area is 219 Å². The van der Waals surface area contributed by atoms with Crippen molar-refractivity contribution in [3.8, 4) is 5.75 Å². The van der Waals surface area contributed by atoms with Crippen LogP contribution in [0, 0.1) is 0 Å². The number of benzene rings is 2. The standard InChI is InChI=1S/C27H21N3O9/c31-11-15-12-38-19-6-4-14(10-17(19)24(15)34)8-9-28-22(33)13-39-20-3-1-2-16-23(20)27(37)30(26(16)36)18-5-7-21(32)29-25(18)35/h1-4,6,10-12,18H,5,7-9,13H2,(H,28,33)(H,29,32,35). The lowest BCUT2D eigenvalue weighted by atomic mass is 10.0. The molecular weight excluding hydrogens is 510 g/mol. The SMILES string of the molecule is O=Cc1coc2ccc(CCNC(=O)COc3cccc4c3C(=O)N(C3CCC(=O)NC3=O)C4=O)cc2c1=O. The summed E-state index contributed by atoms with van der Waals surface area (Å²) in [5.74, 6) is -3.08. The fourth-order valence-corrected chi connectivity index (χ4v) is 4.57. The molecule has 0 aliphatic carbocycles. The van der Waals surface area contributed by atoms with E-state index >= 15 is 0 Å². The van der Waals surface area contributed by atoms with Crippen LogP contribution in [0.1, 0.15) is 49.5 Å². The summed E-state index contributed by atoms with van der Waals surface area (Å²) < 4.78 is 10.8. The number of aldehydes is 1. The number of piperidine rings is 1. The van der Waals surface area contributed by atoms with Gasteiger partial charge in [0.25, 0.3) is 17.7 Å². The molecule has 3 aromatic rings. The van der Waals surface area contributed by atoms with Crippen LogP contribution in [0.2, 0.25) is 0 Å². The van der Waals surface area contributed by atoms with E-state index in [1.165, 1.54) is 18.2 Å². The fourth-order valence-electron chi connectivity index (χ4n) is 4.57. The first-order valence-electron chi connectivity index (χ1n) is 12.0. The second-order valence-electron chi connectivity index (χ2n) is 8.98. The number of carbonyl (C=O) groups is 6. The Morgan fingerprint density at radius 3 is 2.72 bits per heavy atom. The third kappa shape index (κ3) is 4.79. The molecule has 2 aliphatic heterocycles. The van der Waals surface area contributed by atoms with Gasteiger partial charge in [0.15, 0.2) is 12.9 Å². The van der Waals surface area contributed by atoms with Gasteiger partial charge in [-0.2, -0.15) is 0 Å². The number of amides is 5. The molecule has 1 saturated heterocycles. The van der Waals surface area contributed by atoms with Crippen molar-refractivity contribution in [3.05, 3.63) is 75.1 Å². The van der Waals surface area contributed by atoms with E-state index in [4.69, 9.17) is 9.15 Å². The predicted molar refractivity (Wildman–Crippen MR) is 133 cm³/mol. The second-order valence-corrected chi connectivity index (χ2v) is 8.98. The Morgan fingerprint density at radius 1 is 1.13 bits per heavy atom. The van der Waals surface area contributed by atoms with Crippen LogP contribution in [0.3, 0.4) is 0 Å². The highest BCUT2D eigenvalue weighted by atomic mass is 16.5. The molecule has 0 spiro atoms. The molecule has 5 amide bonds. The van der Waals surface area contributed by atoms with Crippen molar-refractivity contribution in [2.24, 2.45) is 0 Å². The maximum absolute atomic E-state index is 13.1. The zero-order chi connectivity index (χ0) is 27.7. The van der Waals surface area contributed by atoms with Gasteiger partial charge in [-0.3, -0.25) is 43.8 Å². The van der Waals surface area contributed by atoms with Gasteiger partial charge in [0.2, 0.25) is 17.2 Å². The van der Waals surface area contributed by atoms with Crippen LogP contribution in [0.25, 0.3) is 11.0 Å². The number of hydrogen-bond donors (Lipinski definition) is 2. The molecule has 1 aromatic heterocycles. The minimum atomic E-state index is -1.11. The topological polar surface area (TPSA) is 169 Å². The summed E-state index contributed by atoms with van der Waals surface area (Å²) in [6, 6.07) is 8.20. The first-order chi connectivity index (χ1) is 18.8. The van der Waals surface area contributed by atoms with Crippen LogP contribution in [0.15, 0.2) is 51.9 Å². The zero-order valence-corrected chi connectivity index (χ0v) is 20.4. The second kappa shape index (κ2) is 10.3. The number of ether oxygens (including phenoxy) is 1. The van der Waals surface area contributed by atoms with Crippen LogP contribution in [0.5, 0.6) is 5.75 Å². The van der Waals surface area contributed by atoms with Crippen molar-refractivity contribution in [3.63, 3.8) is 0 Å². The minimum absolute atomic E-state index is 0.000286. The van der Waals surface area contributed by atoms with Gasteiger partial charge >= 0.3 is 0 Å². The molecule has 0 radical (unpaired) electrons. The smallest absolute Gasteiger partial charge is 0.266 e. The monoisotopic (exact) mass is 531 g/mol. The van der Waals surface area contributed by atoms with E-state index in [0.717, 1.165) is 16.7 Å². The van der Waals surface area contributed by atoms with Gasteiger partial charge in [0.05, 0.1) is 22.1 Å². The molecule has 0 bridgehead atoms. The van der Waals surface area contributed by atoms with Crippen molar-refractivity contribution in [2.75, 3.05) is 13.2 Å². The minimum Gasteiger partial charge on any atom is -0.483 e. The third-order valence-corrected chi connectivity index (χ3v) is 6.52. The molecule has 2 aliphatic rings. The van der Waals surface area contributed by atoms with Crippen molar-refractivity contribution >= 4 is 46.8 Å². The molecule has 12 heteroatoms. The van der Waals surface area contributed by atoms with E-state index in [-0.39, 0.29) is 47.2 Å². The van der Waals surface area contributed by atoms with Gasteiger partial charge in [0, 0.05) is 13.0 Å². The van der Waals surface area contributed by atoms with Gasteiger partial charge in [-0.15, -0.1) is 0 Å². The fraction of sp³-hybridized carbons (Fsp3) is 0.222. The summed E-state index contributed by atoms with van der Waals surface area (Å²) in [7, 11) is 0. The Morgan fingerprint density at radius 2 is 1.95 bits per heavy atom. The van der Waals surface area contributed by atoms with Crippen molar-refractivity contribution < 1.29 is 37.9 Å². The highest BCUT2D eigenvalue weighted by molar-refractivity contribution is 6.24. The van der Waals surface area contributed by atoms with Crippen LogP contribution in [0.4, 0.5) is 0 Å². The number of fused-ring (bicyclic) bond motifs is 2. The maximum atomic E-state index is 13.1. The zero-order valence-electron chi connectivity index (χ0n) is 20.4. The Bertz CT molecular complexity index is 1620. The summed E-state index contributed by atoms with van der Waals surface area (Å²) >= 11 is 0. The van der Waals surface area contributed by atoms with Gasteiger partial charge in [-0.1, -0.05) is 12.1 Å². The number of nitrogens with one attached hydrogen (secondary N) is 2. The summed E-state index contributed by atoms with van der Waals surface area (Å²) in [5.41, 5.74) is 0.540. The van der Waals surface area contributed by atoms with E-state index in [9.17, 15) is 33.6 Å². The number of carbonyl (C=O) groups excluding carboxylic acids is 6. The predicted octanol–water partition coefficient (Wildman–Crippen LogP) is 0.744. The molecule has 39 heavy (non-hydrogen) atoms. The molecule has 2 aromatic carbocycles. The van der Waals surface area contributed by atoms with Crippen molar-refractivity contribution in [2.45, 2.75) is 25.3 Å². The lowest BCUT2D eigenvalue weighted by Crippen LogP contribution is -2.54. The first-order valence-corrected chi connectivity index (χ1v) is 12.0. The highest BCUT2D eigenvalue weighted by Crippen LogP contribution is 2.33. The molecule has 2 N–H and O–H groups in total. The van der Waals surface area contributed by atoms with E-state index in [2.05, 4.69) is 10.6 Å². The van der Waals surface area contributed by atoms with E-state index in [0.29, 0.717) is 18.3 Å². The lowest BCUT2D eigenvalue weighted by molar-refractivity contribution is -0.136. The molecule has 1 fully saturated rings. The number of nitrogens with zero attached hydrogens (tertiary/aromatic N) is 1.